The second kappa shape index (κ2) is 7.56. The first-order valence-corrected chi connectivity index (χ1v) is 9.24. The first-order valence-electron chi connectivity index (χ1n) is 8.83. The van der Waals surface area contributed by atoms with Gasteiger partial charge in [0.1, 0.15) is 11.4 Å². The highest BCUT2D eigenvalue weighted by atomic mass is 32.1. The molecule has 0 saturated heterocycles. The van der Waals surface area contributed by atoms with Gasteiger partial charge >= 0.3 is 5.97 Å². The van der Waals surface area contributed by atoms with Gasteiger partial charge in [-0.05, 0) is 56.8 Å². The minimum absolute atomic E-state index is 0.0362. The molecule has 2 aromatic rings. The normalized spacial score (nSPS) is 17.3. The van der Waals surface area contributed by atoms with Gasteiger partial charge in [-0.2, -0.15) is 0 Å². The first kappa shape index (κ1) is 19.2. The van der Waals surface area contributed by atoms with Crippen LogP contribution in [0.2, 0.25) is 0 Å². The molecule has 0 fully saturated rings. The van der Waals surface area contributed by atoms with Crippen molar-refractivity contribution in [3.05, 3.63) is 59.2 Å². The highest BCUT2D eigenvalue weighted by Gasteiger charge is 2.33. The zero-order valence-corrected chi connectivity index (χ0v) is 16.8. The first-order chi connectivity index (χ1) is 12.8. The van der Waals surface area contributed by atoms with E-state index in [-0.39, 0.29) is 17.6 Å². The predicted octanol–water partition coefficient (Wildman–Crippen LogP) is 4.37. The van der Waals surface area contributed by atoms with E-state index in [9.17, 15) is 4.79 Å². The molecule has 1 aliphatic heterocycles. The van der Waals surface area contributed by atoms with Crippen LogP contribution in [0.3, 0.4) is 0 Å². The van der Waals surface area contributed by atoms with E-state index in [1.165, 1.54) is 7.11 Å². The highest BCUT2D eigenvalue weighted by Crippen LogP contribution is 2.39. The van der Waals surface area contributed by atoms with Crippen molar-refractivity contribution in [3.8, 4) is 5.75 Å². The Hall–Kier alpha value is -2.60. The van der Waals surface area contributed by atoms with Crippen molar-refractivity contribution in [2.24, 2.45) is 0 Å². The molecule has 0 saturated carbocycles. The van der Waals surface area contributed by atoms with Crippen molar-refractivity contribution in [1.29, 1.82) is 0 Å². The fourth-order valence-corrected chi connectivity index (χ4v) is 3.50. The smallest absolute Gasteiger partial charge is 0.337 e. The van der Waals surface area contributed by atoms with E-state index in [2.05, 4.69) is 24.5 Å². The molecule has 0 bridgehead atoms. The molecule has 0 radical (unpaired) electrons. The number of rotatable bonds is 3. The summed E-state index contributed by atoms with van der Waals surface area (Å²) in [5.74, 6) is 0.495. The van der Waals surface area contributed by atoms with E-state index in [4.69, 9.17) is 21.7 Å². The molecule has 2 aromatic carbocycles. The number of hydrogen-bond donors (Lipinski definition) is 2. The Labute approximate surface area is 165 Å². The fraction of sp³-hybridized carbons (Fsp3) is 0.333. The summed E-state index contributed by atoms with van der Waals surface area (Å²) in [6, 6.07) is 13.4. The van der Waals surface area contributed by atoms with Gasteiger partial charge < -0.3 is 20.1 Å². The van der Waals surface area contributed by atoms with Gasteiger partial charge in [0, 0.05) is 17.7 Å². The van der Waals surface area contributed by atoms with Crippen LogP contribution in [-0.4, -0.2) is 23.8 Å². The lowest BCUT2D eigenvalue weighted by Crippen LogP contribution is -2.42. The number of para-hydroxylation sites is 1. The lowest BCUT2D eigenvalue weighted by molar-refractivity contribution is 0.0600. The lowest BCUT2D eigenvalue weighted by Gasteiger charge is -2.38. The van der Waals surface area contributed by atoms with Gasteiger partial charge in [-0.15, -0.1) is 0 Å². The van der Waals surface area contributed by atoms with E-state index in [1.807, 2.05) is 37.3 Å². The zero-order chi connectivity index (χ0) is 19.6. The summed E-state index contributed by atoms with van der Waals surface area (Å²) >= 11 is 5.54. The average Bonchev–Trinajstić information content (AvgIpc) is 2.62. The Bertz CT molecular complexity index is 879. The monoisotopic (exact) mass is 384 g/mol. The zero-order valence-electron chi connectivity index (χ0n) is 16.0. The summed E-state index contributed by atoms with van der Waals surface area (Å²) in [5, 5.41) is 7.10. The Morgan fingerprint density at radius 1 is 1.26 bits per heavy atom. The van der Waals surface area contributed by atoms with Crippen LogP contribution < -0.4 is 15.4 Å². The van der Waals surface area contributed by atoms with E-state index < -0.39 is 0 Å². The molecule has 1 atom stereocenters. The third-order valence-electron chi connectivity index (χ3n) is 4.59. The van der Waals surface area contributed by atoms with Crippen LogP contribution in [0.15, 0.2) is 42.5 Å². The minimum atomic E-state index is -0.378. The van der Waals surface area contributed by atoms with E-state index >= 15 is 0 Å². The lowest BCUT2D eigenvalue weighted by atomic mass is 9.90. The number of ether oxygens (including phenoxy) is 2. The molecule has 27 heavy (non-hydrogen) atoms. The van der Waals surface area contributed by atoms with Crippen LogP contribution in [-0.2, 0) is 4.74 Å². The number of carbonyl (C=O) groups is 1. The summed E-state index contributed by atoms with van der Waals surface area (Å²) in [4.78, 5) is 11.8. The molecule has 6 heteroatoms. The summed E-state index contributed by atoms with van der Waals surface area (Å²) in [7, 11) is 1.37. The highest BCUT2D eigenvalue weighted by molar-refractivity contribution is 7.80. The third-order valence-corrected chi connectivity index (χ3v) is 4.81. The van der Waals surface area contributed by atoms with Crippen molar-refractivity contribution in [1.82, 2.24) is 5.32 Å². The maximum absolute atomic E-state index is 11.8. The van der Waals surface area contributed by atoms with Gasteiger partial charge in [0.05, 0.1) is 18.7 Å². The van der Waals surface area contributed by atoms with Crippen LogP contribution in [0.5, 0.6) is 5.75 Å². The SMILES string of the molecule is COC(=O)c1ccc(C)c(NC(=S)N[C@H]2CC(C)(C)Oc3ccccc32)c1. The van der Waals surface area contributed by atoms with Gasteiger partial charge in [0.15, 0.2) is 5.11 Å². The second-order valence-electron chi connectivity index (χ2n) is 7.28. The summed E-state index contributed by atoms with van der Waals surface area (Å²) < 4.78 is 10.9. The molecule has 0 amide bonds. The van der Waals surface area contributed by atoms with E-state index in [0.29, 0.717) is 10.7 Å². The minimum Gasteiger partial charge on any atom is -0.487 e. The number of benzene rings is 2. The topological polar surface area (TPSA) is 59.6 Å². The second-order valence-corrected chi connectivity index (χ2v) is 7.68. The fourth-order valence-electron chi connectivity index (χ4n) is 3.25. The van der Waals surface area contributed by atoms with Crippen molar-refractivity contribution in [3.63, 3.8) is 0 Å². The molecule has 5 nitrogen and oxygen atoms in total. The largest absolute Gasteiger partial charge is 0.487 e. The van der Waals surface area contributed by atoms with E-state index in [1.54, 1.807) is 12.1 Å². The van der Waals surface area contributed by atoms with Crippen LogP contribution >= 0.6 is 12.2 Å². The van der Waals surface area contributed by atoms with Gasteiger partial charge in [-0.3, -0.25) is 0 Å². The number of esters is 1. The van der Waals surface area contributed by atoms with Gasteiger partial charge in [-0.25, -0.2) is 4.79 Å². The molecule has 0 aliphatic carbocycles. The number of hydrogen-bond acceptors (Lipinski definition) is 4. The van der Waals surface area contributed by atoms with Crippen molar-refractivity contribution in [2.75, 3.05) is 12.4 Å². The molecule has 3 rings (SSSR count). The van der Waals surface area contributed by atoms with Crippen LogP contribution in [0.25, 0.3) is 0 Å². The maximum atomic E-state index is 11.8. The van der Waals surface area contributed by atoms with Crippen molar-refractivity contribution >= 4 is 29.0 Å². The Morgan fingerprint density at radius 3 is 2.74 bits per heavy atom. The van der Waals surface area contributed by atoms with Crippen LogP contribution in [0.4, 0.5) is 5.69 Å². The number of nitrogens with one attached hydrogen (secondary N) is 2. The molecule has 2 N–H and O–H groups in total. The molecule has 1 aliphatic rings. The van der Waals surface area contributed by atoms with Gasteiger partial charge in [0.25, 0.3) is 0 Å². The number of carbonyl (C=O) groups excluding carboxylic acids is 1. The molecular formula is C21H24N2O3S. The standard InChI is InChI=1S/C21H24N2O3S/c1-13-9-10-14(19(24)25-4)11-16(13)22-20(27)23-17-12-21(2,3)26-18-8-6-5-7-15(17)18/h5-11,17H,12H2,1-4H3,(H2,22,23,27)/t17-/m0/s1. The number of fused-ring (bicyclic) bond motifs is 1. The van der Waals surface area contributed by atoms with Crippen LogP contribution in [0, 0.1) is 6.92 Å². The molecule has 0 aromatic heterocycles. The van der Waals surface area contributed by atoms with Gasteiger partial charge in [0.2, 0.25) is 0 Å². The number of methoxy groups -OCH3 is 1. The molecule has 1 heterocycles. The number of aryl methyl sites for hydroxylation is 1. The number of anilines is 1. The Kier molecular flexibility index (Phi) is 5.37. The summed E-state index contributed by atoms with van der Waals surface area (Å²) in [5.41, 5.74) is 3.03. The average molecular weight is 385 g/mol. The number of thiocarbonyl (C=S) groups is 1. The quantitative estimate of drug-likeness (QED) is 0.605. The Balaban J connectivity index is 1.78. The summed E-state index contributed by atoms with van der Waals surface area (Å²) in [6.45, 7) is 6.09. The molecular weight excluding hydrogens is 360 g/mol. The van der Waals surface area contributed by atoms with Crippen LogP contribution in [0.1, 0.15) is 47.8 Å². The van der Waals surface area contributed by atoms with E-state index in [0.717, 1.165) is 29.0 Å². The Morgan fingerprint density at radius 2 is 2.00 bits per heavy atom. The van der Waals surface area contributed by atoms with Gasteiger partial charge in [-0.1, -0.05) is 24.3 Å². The predicted molar refractivity (Wildman–Crippen MR) is 110 cm³/mol. The molecule has 0 spiro atoms. The summed E-state index contributed by atoms with van der Waals surface area (Å²) in [6.07, 6.45) is 0.785. The van der Waals surface area contributed by atoms with Crippen molar-refractivity contribution < 1.29 is 14.3 Å². The molecule has 142 valence electrons. The van der Waals surface area contributed by atoms with Crippen molar-refractivity contribution in [2.45, 2.75) is 38.8 Å². The maximum Gasteiger partial charge on any atom is 0.337 e. The third kappa shape index (κ3) is 4.39. The molecule has 0 unspecified atom stereocenters.